The standard InChI is InChI=1S/C24H30N4OS/c1-4-9-28-18(2)14-21(19(28)3)15-22(16-25)24(29)26-23-8-6-5-7-20(23)17-27-10-12-30-13-11-27/h5-8,14-15H,4,9-13,17H2,1-3H3,(H,26,29)/b22-15+. The van der Waals surface area contributed by atoms with Crippen molar-refractivity contribution in [1.29, 1.82) is 5.26 Å². The summed E-state index contributed by atoms with van der Waals surface area (Å²) in [4.78, 5) is 15.3. The van der Waals surface area contributed by atoms with Crippen LogP contribution in [0.3, 0.4) is 0 Å². The van der Waals surface area contributed by atoms with E-state index in [4.69, 9.17) is 0 Å². The first-order chi connectivity index (χ1) is 14.5. The van der Waals surface area contributed by atoms with Crippen molar-refractivity contribution < 1.29 is 4.79 Å². The van der Waals surface area contributed by atoms with E-state index < -0.39 is 0 Å². The monoisotopic (exact) mass is 422 g/mol. The number of hydrogen-bond donors (Lipinski definition) is 1. The highest BCUT2D eigenvalue weighted by Gasteiger charge is 2.16. The Hall–Kier alpha value is -2.49. The van der Waals surface area contributed by atoms with Crippen LogP contribution in [0.4, 0.5) is 5.69 Å². The normalized spacial score (nSPS) is 15.1. The first-order valence-electron chi connectivity index (χ1n) is 10.5. The molecule has 0 saturated carbocycles. The quantitative estimate of drug-likeness (QED) is 0.523. The molecule has 0 spiro atoms. The molecule has 0 radical (unpaired) electrons. The molecule has 0 unspecified atom stereocenters. The van der Waals surface area contributed by atoms with E-state index in [9.17, 15) is 10.1 Å². The maximum atomic E-state index is 12.9. The minimum atomic E-state index is -0.362. The second-order valence-corrected chi connectivity index (χ2v) is 8.87. The third-order valence-electron chi connectivity index (χ3n) is 5.49. The molecule has 1 saturated heterocycles. The summed E-state index contributed by atoms with van der Waals surface area (Å²) in [6, 6.07) is 12.0. The Bertz CT molecular complexity index is 964. The van der Waals surface area contributed by atoms with Crippen molar-refractivity contribution in [1.82, 2.24) is 9.47 Å². The zero-order valence-corrected chi connectivity index (χ0v) is 18.9. The summed E-state index contributed by atoms with van der Waals surface area (Å²) in [5, 5.41) is 12.6. The van der Waals surface area contributed by atoms with Crippen molar-refractivity contribution in [3.05, 3.63) is 58.4 Å². The minimum Gasteiger partial charge on any atom is -0.349 e. The molecule has 1 aliphatic rings. The van der Waals surface area contributed by atoms with Crippen molar-refractivity contribution in [3.8, 4) is 6.07 Å². The lowest BCUT2D eigenvalue weighted by Crippen LogP contribution is -2.32. The van der Waals surface area contributed by atoms with Gasteiger partial charge in [-0.25, -0.2) is 0 Å². The van der Waals surface area contributed by atoms with Crippen LogP contribution in [0.15, 0.2) is 35.9 Å². The number of hydrogen-bond acceptors (Lipinski definition) is 4. The predicted octanol–water partition coefficient (Wildman–Crippen LogP) is 4.61. The van der Waals surface area contributed by atoms with Gasteiger partial charge in [0.2, 0.25) is 0 Å². The molecule has 0 atom stereocenters. The van der Waals surface area contributed by atoms with Gasteiger partial charge >= 0.3 is 0 Å². The number of carbonyl (C=O) groups excluding carboxylic acids is 1. The molecule has 1 aliphatic heterocycles. The number of benzene rings is 1. The van der Waals surface area contributed by atoms with Crippen LogP contribution in [-0.2, 0) is 17.9 Å². The Morgan fingerprint density at radius 2 is 2.00 bits per heavy atom. The van der Waals surface area contributed by atoms with Crippen LogP contribution in [0, 0.1) is 25.2 Å². The fourth-order valence-electron chi connectivity index (χ4n) is 3.82. The Labute approximate surface area is 183 Å². The molecule has 0 bridgehead atoms. The zero-order valence-electron chi connectivity index (χ0n) is 18.1. The third-order valence-corrected chi connectivity index (χ3v) is 6.43. The van der Waals surface area contributed by atoms with E-state index in [0.717, 1.165) is 72.3 Å². The van der Waals surface area contributed by atoms with Crippen LogP contribution in [0.25, 0.3) is 6.08 Å². The largest absolute Gasteiger partial charge is 0.349 e. The lowest BCUT2D eigenvalue weighted by Gasteiger charge is -2.27. The van der Waals surface area contributed by atoms with Gasteiger partial charge in [0.05, 0.1) is 0 Å². The van der Waals surface area contributed by atoms with Gasteiger partial charge in [0.25, 0.3) is 5.91 Å². The molecular formula is C24H30N4OS. The molecule has 1 amide bonds. The maximum Gasteiger partial charge on any atom is 0.266 e. The minimum absolute atomic E-state index is 0.121. The number of nitriles is 1. The van der Waals surface area contributed by atoms with Crippen LogP contribution < -0.4 is 5.32 Å². The summed E-state index contributed by atoms with van der Waals surface area (Å²) >= 11 is 1.98. The van der Waals surface area contributed by atoms with Crippen LogP contribution in [0.1, 0.15) is 35.9 Å². The van der Waals surface area contributed by atoms with Gasteiger partial charge in [0, 0.05) is 54.8 Å². The van der Waals surface area contributed by atoms with Crippen LogP contribution >= 0.6 is 11.8 Å². The molecule has 1 aromatic carbocycles. The number of aryl methyl sites for hydroxylation is 1. The number of thioether (sulfide) groups is 1. The van der Waals surface area contributed by atoms with E-state index in [-0.39, 0.29) is 11.5 Å². The molecule has 0 aliphatic carbocycles. The zero-order chi connectivity index (χ0) is 21.5. The van der Waals surface area contributed by atoms with Crippen molar-refractivity contribution in [2.45, 2.75) is 40.3 Å². The SMILES string of the molecule is CCCn1c(C)cc(/C=C(\C#N)C(=O)Nc2ccccc2CN2CCSCC2)c1C. The van der Waals surface area contributed by atoms with Gasteiger partial charge in [-0.3, -0.25) is 9.69 Å². The van der Waals surface area contributed by atoms with Crippen molar-refractivity contribution in [3.63, 3.8) is 0 Å². The lowest BCUT2D eigenvalue weighted by atomic mass is 10.1. The first-order valence-corrected chi connectivity index (χ1v) is 11.7. The molecule has 1 aromatic heterocycles. The van der Waals surface area contributed by atoms with Gasteiger partial charge in [-0.15, -0.1) is 0 Å². The Morgan fingerprint density at radius 3 is 2.70 bits per heavy atom. The highest BCUT2D eigenvalue weighted by molar-refractivity contribution is 7.99. The van der Waals surface area contributed by atoms with E-state index in [2.05, 4.69) is 34.7 Å². The first kappa shape index (κ1) is 22.2. The molecule has 2 aromatic rings. The molecule has 1 N–H and O–H groups in total. The summed E-state index contributed by atoms with van der Waals surface area (Å²) < 4.78 is 2.23. The van der Waals surface area contributed by atoms with E-state index in [1.165, 1.54) is 0 Å². The fraction of sp³-hybridized carbons (Fsp3) is 0.417. The summed E-state index contributed by atoms with van der Waals surface area (Å²) in [6.07, 6.45) is 2.74. The molecule has 1 fully saturated rings. The Morgan fingerprint density at radius 1 is 1.27 bits per heavy atom. The van der Waals surface area contributed by atoms with Gasteiger partial charge in [-0.05, 0) is 49.6 Å². The van der Waals surface area contributed by atoms with E-state index in [0.29, 0.717) is 0 Å². The Kier molecular flexibility index (Phi) is 7.78. The smallest absolute Gasteiger partial charge is 0.266 e. The molecule has 5 nitrogen and oxygen atoms in total. The fourth-order valence-corrected chi connectivity index (χ4v) is 4.79. The van der Waals surface area contributed by atoms with Crippen molar-refractivity contribution >= 4 is 29.4 Å². The number of nitrogens with zero attached hydrogens (tertiary/aromatic N) is 3. The molecule has 2 heterocycles. The number of nitrogens with one attached hydrogen (secondary N) is 1. The van der Waals surface area contributed by atoms with E-state index in [1.807, 2.05) is 49.0 Å². The highest BCUT2D eigenvalue weighted by Crippen LogP contribution is 2.22. The maximum absolute atomic E-state index is 12.9. The van der Waals surface area contributed by atoms with E-state index in [1.54, 1.807) is 6.08 Å². The average molecular weight is 423 g/mol. The van der Waals surface area contributed by atoms with Crippen molar-refractivity contribution in [2.75, 3.05) is 29.9 Å². The number of anilines is 1. The second kappa shape index (κ2) is 10.5. The van der Waals surface area contributed by atoms with E-state index >= 15 is 0 Å². The van der Waals surface area contributed by atoms with Gasteiger partial charge in [0.15, 0.2) is 0 Å². The van der Waals surface area contributed by atoms with Crippen molar-refractivity contribution in [2.24, 2.45) is 0 Å². The highest BCUT2D eigenvalue weighted by atomic mass is 32.2. The molecule has 6 heteroatoms. The predicted molar refractivity (Wildman–Crippen MR) is 125 cm³/mol. The van der Waals surface area contributed by atoms with Crippen LogP contribution in [0.5, 0.6) is 0 Å². The third kappa shape index (κ3) is 5.35. The molecule has 30 heavy (non-hydrogen) atoms. The topological polar surface area (TPSA) is 61.1 Å². The summed E-state index contributed by atoms with van der Waals surface area (Å²) in [5.41, 5.74) is 5.12. The van der Waals surface area contributed by atoms with Gasteiger partial charge in [-0.2, -0.15) is 17.0 Å². The molecular weight excluding hydrogens is 392 g/mol. The number of carbonyl (C=O) groups is 1. The number of rotatable bonds is 7. The number of aromatic nitrogens is 1. The van der Waals surface area contributed by atoms with Crippen LogP contribution in [0.2, 0.25) is 0 Å². The second-order valence-electron chi connectivity index (χ2n) is 7.65. The number of amides is 1. The van der Waals surface area contributed by atoms with Gasteiger partial charge < -0.3 is 9.88 Å². The average Bonchev–Trinajstić information content (AvgIpc) is 3.01. The summed E-state index contributed by atoms with van der Waals surface area (Å²) in [7, 11) is 0. The van der Waals surface area contributed by atoms with Gasteiger partial charge in [-0.1, -0.05) is 25.1 Å². The summed E-state index contributed by atoms with van der Waals surface area (Å²) in [6.45, 7) is 10.1. The Balaban J connectivity index is 1.79. The molecule has 158 valence electrons. The van der Waals surface area contributed by atoms with Gasteiger partial charge in [0.1, 0.15) is 11.6 Å². The number of para-hydroxylation sites is 1. The lowest BCUT2D eigenvalue weighted by molar-refractivity contribution is -0.112. The summed E-state index contributed by atoms with van der Waals surface area (Å²) in [5.74, 6) is 1.93. The van der Waals surface area contributed by atoms with Crippen LogP contribution in [-0.4, -0.2) is 40.0 Å². The molecule has 3 rings (SSSR count).